The fourth-order valence-electron chi connectivity index (χ4n) is 3.66. The first kappa shape index (κ1) is 22.7. The number of amides is 1. The highest BCUT2D eigenvalue weighted by molar-refractivity contribution is 6.02. The summed E-state index contributed by atoms with van der Waals surface area (Å²) in [5, 5.41) is 23.6. The maximum absolute atomic E-state index is 12.3. The number of nitrogens with zero attached hydrogens (tertiary/aromatic N) is 5. The van der Waals surface area contributed by atoms with Crippen LogP contribution in [0.15, 0.2) is 24.8 Å². The summed E-state index contributed by atoms with van der Waals surface area (Å²) in [4.78, 5) is 27.2. The molecule has 174 valence electrons. The number of carbonyl (C=O) groups is 1. The van der Waals surface area contributed by atoms with E-state index in [9.17, 15) is 15.0 Å². The number of aliphatic hydroxyl groups excluding tert-OH is 2. The molecule has 0 radical (unpaired) electrons. The van der Waals surface area contributed by atoms with Crippen molar-refractivity contribution in [1.82, 2.24) is 24.4 Å². The van der Waals surface area contributed by atoms with Crippen molar-refractivity contribution in [3.05, 3.63) is 24.8 Å². The van der Waals surface area contributed by atoms with Gasteiger partial charge in [-0.15, -0.1) is 0 Å². The van der Waals surface area contributed by atoms with Crippen molar-refractivity contribution in [2.24, 2.45) is 0 Å². The first-order chi connectivity index (χ1) is 15.3. The van der Waals surface area contributed by atoms with Crippen LogP contribution in [0.1, 0.15) is 32.9 Å². The van der Waals surface area contributed by atoms with Crippen LogP contribution in [0.25, 0.3) is 11.2 Å². The van der Waals surface area contributed by atoms with Crippen LogP contribution in [0.5, 0.6) is 0 Å². The number of aliphatic hydroxyl groups is 2. The summed E-state index contributed by atoms with van der Waals surface area (Å²) in [6, 6.07) is 0.622. The number of carbonyl (C=O) groups excluding carboxylic acids is 1. The summed E-state index contributed by atoms with van der Waals surface area (Å²) in [6.07, 6.45) is 4.54. The lowest BCUT2D eigenvalue weighted by atomic mass is 10.1. The van der Waals surface area contributed by atoms with Crippen LogP contribution in [-0.2, 0) is 14.3 Å². The summed E-state index contributed by atoms with van der Waals surface area (Å²) in [7, 11) is 2.04. The van der Waals surface area contributed by atoms with E-state index in [0.29, 0.717) is 23.8 Å². The molecule has 2 aliphatic rings. The monoisotopic (exact) mass is 446 g/mol. The molecule has 1 saturated carbocycles. The SMILES string of the molecule is CC(C)OC[C@H]1O[C@@H](n2cnc3c(NC(=O)/C=C/CN(C)C4CC4)ncnc32)[C@H](O)[C@@H]1O. The molecular weight excluding hydrogens is 416 g/mol. The molecule has 0 bridgehead atoms. The third-order valence-electron chi connectivity index (χ3n) is 5.64. The van der Waals surface area contributed by atoms with Crippen molar-refractivity contribution >= 4 is 22.9 Å². The molecule has 32 heavy (non-hydrogen) atoms. The van der Waals surface area contributed by atoms with Gasteiger partial charge in [0.05, 0.1) is 19.0 Å². The van der Waals surface area contributed by atoms with Crippen molar-refractivity contribution in [3.63, 3.8) is 0 Å². The number of anilines is 1. The maximum atomic E-state index is 12.3. The molecule has 11 nitrogen and oxygen atoms in total. The lowest BCUT2D eigenvalue weighted by Crippen LogP contribution is -2.34. The molecule has 1 amide bonds. The topological polar surface area (TPSA) is 135 Å². The van der Waals surface area contributed by atoms with Crippen LogP contribution < -0.4 is 5.32 Å². The second kappa shape index (κ2) is 9.59. The molecule has 0 unspecified atom stereocenters. The normalized spacial score (nSPS) is 26.1. The van der Waals surface area contributed by atoms with E-state index in [4.69, 9.17) is 9.47 Å². The standard InChI is InChI=1S/C21H30N6O5/c1-12(2)31-9-14-17(29)18(30)21(32-14)27-11-24-16-19(22-10-23-20(16)27)25-15(28)5-4-8-26(3)13-6-7-13/h4-5,10-14,17-18,21,29-30H,6-9H2,1-3H3,(H,22,23,25,28)/b5-4+/t14-,17-,18-,21-/m1/s1. The Balaban J connectivity index is 1.45. The molecule has 2 aromatic heterocycles. The van der Waals surface area contributed by atoms with Gasteiger partial charge in [0.25, 0.3) is 0 Å². The van der Waals surface area contributed by atoms with E-state index < -0.39 is 24.5 Å². The highest BCUT2D eigenvalue weighted by Crippen LogP contribution is 2.32. The average molecular weight is 447 g/mol. The van der Waals surface area contributed by atoms with Gasteiger partial charge in [-0.05, 0) is 33.7 Å². The van der Waals surface area contributed by atoms with E-state index in [2.05, 4.69) is 25.2 Å². The highest BCUT2D eigenvalue weighted by Gasteiger charge is 2.44. The molecule has 2 fully saturated rings. The first-order valence-electron chi connectivity index (χ1n) is 10.8. The Labute approximate surface area is 186 Å². The molecule has 0 spiro atoms. The molecule has 2 aromatic rings. The summed E-state index contributed by atoms with van der Waals surface area (Å²) >= 11 is 0. The van der Waals surface area contributed by atoms with E-state index >= 15 is 0 Å². The quantitative estimate of drug-likeness (QED) is 0.470. The number of rotatable bonds is 9. The van der Waals surface area contributed by atoms with Crippen LogP contribution >= 0.6 is 0 Å². The Morgan fingerprint density at radius 1 is 1.34 bits per heavy atom. The number of nitrogens with one attached hydrogen (secondary N) is 1. The zero-order chi connectivity index (χ0) is 22.8. The summed E-state index contributed by atoms with van der Waals surface area (Å²) < 4.78 is 12.9. The van der Waals surface area contributed by atoms with Gasteiger partial charge in [0.15, 0.2) is 23.2 Å². The van der Waals surface area contributed by atoms with Gasteiger partial charge in [0, 0.05) is 18.7 Å². The largest absolute Gasteiger partial charge is 0.387 e. The van der Waals surface area contributed by atoms with Crippen LogP contribution in [0.4, 0.5) is 5.82 Å². The molecule has 3 N–H and O–H groups in total. The number of hydrogen-bond donors (Lipinski definition) is 3. The van der Waals surface area contributed by atoms with Crippen molar-refractivity contribution in [2.45, 2.75) is 63.4 Å². The minimum atomic E-state index is -1.19. The molecule has 1 aliphatic carbocycles. The van der Waals surface area contributed by atoms with E-state index in [0.717, 1.165) is 0 Å². The Bertz CT molecular complexity index is 975. The second-order valence-corrected chi connectivity index (χ2v) is 8.54. The zero-order valence-corrected chi connectivity index (χ0v) is 18.5. The van der Waals surface area contributed by atoms with Gasteiger partial charge in [-0.3, -0.25) is 14.3 Å². The van der Waals surface area contributed by atoms with E-state index in [1.165, 1.54) is 36.1 Å². The van der Waals surface area contributed by atoms with Gasteiger partial charge < -0.3 is 25.0 Å². The lowest BCUT2D eigenvalue weighted by Gasteiger charge is -2.17. The molecule has 1 aliphatic heterocycles. The molecule has 1 saturated heterocycles. The van der Waals surface area contributed by atoms with Gasteiger partial charge in [-0.2, -0.15) is 0 Å². The summed E-state index contributed by atoms with van der Waals surface area (Å²) in [5.74, 6) is -0.0612. The number of ether oxygens (including phenoxy) is 2. The average Bonchev–Trinajstić information content (AvgIpc) is 3.46. The first-order valence-corrected chi connectivity index (χ1v) is 10.8. The van der Waals surface area contributed by atoms with Crippen LogP contribution in [0.3, 0.4) is 0 Å². The van der Waals surface area contributed by atoms with Crippen molar-refractivity contribution in [3.8, 4) is 0 Å². The Morgan fingerprint density at radius 2 is 2.12 bits per heavy atom. The van der Waals surface area contributed by atoms with Crippen LogP contribution in [-0.4, -0.2) is 91.2 Å². The summed E-state index contributed by atoms with van der Waals surface area (Å²) in [6.45, 7) is 4.61. The zero-order valence-electron chi connectivity index (χ0n) is 18.5. The number of hydrogen-bond acceptors (Lipinski definition) is 9. The second-order valence-electron chi connectivity index (χ2n) is 8.54. The highest BCUT2D eigenvalue weighted by atomic mass is 16.6. The molecule has 4 rings (SSSR count). The number of likely N-dealkylation sites (N-methyl/N-ethyl adjacent to an activating group) is 1. The molecule has 0 aromatic carbocycles. The Kier molecular flexibility index (Phi) is 6.82. The van der Waals surface area contributed by atoms with Gasteiger partial charge >= 0.3 is 0 Å². The minimum Gasteiger partial charge on any atom is -0.387 e. The minimum absolute atomic E-state index is 0.0295. The van der Waals surface area contributed by atoms with Gasteiger partial charge in [-0.25, -0.2) is 15.0 Å². The van der Waals surface area contributed by atoms with Gasteiger partial charge in [0.2, 0.25) is 5.91 Å². The predicted molar refractivity (Wildman–Crippen MR) is 116 cm³/mol. The van der Waals surface area contributed by atoms with Gasteiger partial charge in [0.1, 0.15) is 24.6 Å². The Hall–Kier alpha value is -2.44. The van der Waals surface area contributed by atoms with Crippen LogP contribution in [0.2, 0.25) is 0 Å². The smallest absolute Gasteiger partial charge is 0.249 e. The number of imidazole rings is 1. The molecule has 11 heteroatoms. The predicted octanol–water partition coefficient (Wildman–Crippen LogP) is 0.459. The molecule has 3 heterocycles. The van der Waals surface area contributed by atoms with Crippen molar-refractivity contribution < 1.29 is 24.5 Å². The number of aromatic nitrogens is 4. The lowest BCUT2D eigenvalue weighted by molar-refractivity contribution is -0.111. The Morgan fingerprint density at radius 3 is 2.84 bits per heavy atom. The van der Waals surface area contributed by atoms with E-state index in [1.54, 1.807) is 0 Å². The van der Waals surface area contributed by atoms with E-state index in [-0.39, 0.29) is 24.4 Å². The third-order valence-corrected chi connectivity index (χ3v) is 5.64. The third kappa shape index (κ3) is 4.97. The maximum Gasteiger partial charge on any atom is 0.249 e. The summed E-state index contributed by atoms with van der Waals surface area (Å²) in [5.41, 5.74) is 0.728. The fraction of sp³-hybridized carbons (Fsp3) is 0.619. The fourth-order valence-corrected chi connectivity index (χ4v) is 3.66. The molecular formula is C21H30N6O5. The van der Waals surface area contributed by atoms with Crippen molar-refractivity contribution in [2.75, 3.05) is 25.5 Å². The van der Waals surface area contributed by atoms with Crippen molar-refractivity contribution in [1.29, 1.82) is 0 Å². The number of fused-ring (bicyclic) bond motifs is 1. The molecule has 4 atom stereocenters. The van der Waals surface area contributed by atoms with E-state index in [1.807, 2.05) is 27.0 Å². The van der Waals surface area contributed by atoms with Crippen LogP contribution in [0, 0.1) is 0 Å². The van der Waals surface area contributed by atoms with Gasteiger partial charge in [-0.1, -0.05) is 6.08 Å².